The van der Waals surface area contributed by atoms with Crippen LogP contribution in [0.4, 0.5) is 0 Å². The number of nitrogens with zero attached hydrogens (tertiary/aromatic N) is 1. The van der Waals surface area contributed by atoms with Crippen LogP contribution in [0.5, 0.6) is 0 Å². The van der Waals surface area contributed by atoms with Gasteiger partial charge >= 0.3 is 0 Å². The molecule has 5 heteroatoms. The zero-order valence-corrected chi connectivity index (χ0v) is 12.7. The zero-order valence-electron chi connectivity index (χ0n) is 11.1. The SMILES string of the molecule is CC1(C)C(=O)NCCN1CC(=O)c1ccc(Br)cc1. The minimum absolute atomic E-state index is 0.0256. The third-order valence-electron chi connectivity index (χ3n) is 3.51. The molecule has 0 saturated carbocycles. The van der Waals surface area contributed by atoms with Gasteiger partial charge in [0.15, 0.2) is 5.78 Å². The van der Waals surface area contributed by atoms with Gasteiger partial charge in [0, 0.05) is 23.1 Å². The molecule has 0 unspecified atom stereocenters. The van der Waals surface area contributed by atoms with Crippen molar-refractivity contribution in [1.29, 1.82) is 0 Å². The van der Waals surface area contributed by atoms with Crippen molar-refractivity contribution in [3.63, 3.8) is 0 Å². The van der Waals surface area contributed by atoms with E-state index >= 15 is 0 Å². The summed E-state index contributed by atoms with van der Waals surface area (Å²) in [5.74, 6) is 0.0117. The first-order chi connectivity index (χ1) is 8.91. The van der Waals surface area contributed by atoms with Gasteiger partial charge in [-0.05, 0) is 26.0 Å². The van der Waals surface area contributed by atoms with Crippen LogP contribution in [0.25, 0.3) is 0 Å². The molecule has 1 fully saturated rings. The third-order valence-corrected chi connectivity index (χ3v) is 4.04. The Kier molecular flexibility index (Phi) is 4.06. The number of ketones is 1. The van der Waals surface area contributed by atoms with Gasteiger partial charge in [0.1, 0.15) is 0 Å². The lowest BCUT2D eigenvalue weighted by molar-refractivity contribution is -0.134. The lowest BCUT2D eigenvalue weighted by atomic mass is 9.98. The van der Waals surface area contributed by atoms with Crippen LogP contribution in [0.15, 0.2) is 28.7 Å². The molecule has 4 nitrogen and oxygen atoms in total. The standard InChI is InChI=1S/C14H17BrN2O2/c1-14(2)13(19)16-7-8-17(14)9-12(18)10-3-5-11(15)6-4-10/h3-6H,7-9H2,1-2H3,(H,16,19). The Morgan fingerprint density at radius 1 is 1.37 bits per heavy atom. The first-order valence-corrected chi connectivity index (χ1v) is 7.02. The van der Waals surface area contributed by atoms with Crippen LogP contribution in [0.3, 0.4) is 0 Å². The number of Topliss-reactive ketones (excluding diaryl/α,β-unsaturated/α-hetero) is 1. The molecule has 0 aromatic heterocycles. The number of halogens is 1. The minimum Gasteiger partial charge on any atom is -0.353 e. The second kappa shape index (κ2) is 5.43. The normalized spacial score (nSPS) is 19.0. The lowest BCUT2D eigenvalue weighted by Crippen LogP contribution is -2.62. The number of nitrogens with one attached hydrogen (secondary N) is 1. The monoisotopic (exact) mass is 324 g/mol. The Morgan fingerprint density at radius 2 is 2.00 bits per heavy atom. The predicted octanol–water partition coefficient (Wildman–Crippen LogP) is 1.84. The average Bonchev–Trinajstić information content (AvgIpc) is 2.36. The highest BCUT2D eigenvalue weighted by Gasteiger charge is 2.38. The van der Waals surface area contributed by atoms with Gasteiger partial charge in [-0.15, -0.1) is 0 Å². The third kappa shape index (κ3) is 3.04. The summed E-state index contributed by atoms with van der Waals surface area (Å²) in [7, 11) is 0. The summed E-state index contributed by atoms with van der Waals surface area (Å²) >= 11 is 3.34. The van der Waals surface area contributed by atoms with Crippen LogP contribution in [-0.2, 0) is 4.79 Å². The molecule has 1 saturated heterocycles. The number of carbonyl (C=O) groups is 2. The van der Waals surface area contributed by atoms with Gasteiger partial charge in [0.05, 0.1) is 12.1 Å². The molecule has 1 aliphatic rings. The van der Waals surface area contributed by atoms with E-state index in [-0.39, 0.29) is 18.2 Å². The Labute approximate surface area is 121 Å². The summed E-state index contributed by atoms with van der Waals surface area (Å²) in [6.45, 7) is 5.24. The quantitative estimate of drug-likeness (QED) is 0.863. The molecule has 1 aliphatic heterocycles. The van der Waals surface area contributed by atoms with Crippen LogP contribution in [0, 0.1) is 0 Å². The molecule has 1 N–H and O–H groups in total. The van der Waals surface area contributed by atoms with Crippen molar-refractivity contribution in [1.82, 2.24) is 10.2 Å². The molecular formula is C14H17BrN2O2. The molecule has 1 aromatic carbocycles. The van der Waals surface area contributed by atoms with Crippen LogP contribution >= 0.6 is 15.9 Å². The van der Waals surface area contributed by atoms with Crippen molar-refractivity contribution in [2.24, 2.45) is 0 Å². The summed E-state index contributed by atoms with van der Waals surface area (Å²) in [5.41, 5.74) is 0.0356. The summed E-state index contributed by atoms with van der Waals surface area (Å²) in [5, 5.41) is 2.82. The molecule has 0 aliphatic carbocycles. The maximum atomic E-state index is 12.2. The van der Waals surface area contributed by atoms with E-state index in [0.717, 1.165) is 4.47 Å². The van der Waals surface area contributed by atoms with Crippen molar-refractivity contribution in [2.75, 3.05) is 19.6 Å². The number of carbonyl (C=O) groups excluding carboxylic acids is 2. The van der Waals surface area contributed by atoms with E-state index in [1.54, 1.807) is 12.1 Å². The fourth-order valence-corrected chi connectivity index (χ4v) is 2.39. The highest BCUT2D eigenvalue weighted by atomic mass is 79.9. The second-order valence-electron chi connectivity index (χ2n) is 5.17. The van der Waals surface area contributed by atoms with E-state index in [0.29, 0.717) is 18.7 Å². The van der Waals surface area contributed by atoms with Gasteiger partial charge in [-0.1, -0.05) is 28.1 Å². The summed E-state index contributed by atoms with van der Waals surface area (Å²) in [6.07, 6.45) is 0. The van der Waals surface area contributed by atoms with Crippen molar-refractivity contribution >= 4 is 27.6 Å². The first kappa shape index (κ1) is 14.2. The number of hydrogen-bond acceptors (Lipinski definition) is 3. The predicted molar refractivity (Wildman–Crippen MR) is 77.1 cm³/mol. The van der Waals surface area contributed by atoms with E-state index in [1.165, 1.54) is 0 Å². The van der Waals surface area contributed by atoms with Gasteiger partial charge in [0.2, 0.25) is 5.91 Å². The average molecular weight is 325 g/mol. The maximum Gasteiger partial charge on any atom is 0.240 e. The molecule has 0 spiro atoms. The molecule has 19 heavy (non-hydrogen) atoms. The molecule has 0 radical (unpaired) electrons. The Balaban J connectivity index is 2.10. The van der Waals surface area contributed by atoms with Gasteiger partial charge < -0.3 is 5.32 Å². The molecule has 0 atom stereocenters. The van der Waals surface area contributed by atoms with Gasteiger partial charge in [-0.3, -0.25) is 14.5 Å². The summed E-state index contributed by atoms with van der Waals surface area (Å²) < 4.78 is 0.946. The molecule has 1 aromatic rings. The Morgan fingerprint density at radius 3 is 2.63 bits per heavy atom. The molecule has 1 heterocycles. The zero-order chi connectivity index (χ0) is 14.0. The molecular weight excluding hydrogens is 308 g/mol. The van der Waals surface area contributed by atoms with Crippen molar-refractivity contribution < 1.29 is 9.59 Å². The summed E-state index contributed by atoms with van der Waals surface area (Å²) in [4.78, 5) is 26.0. The van der Waals surface area contributed by atoms with E-state index in [9.17, 15) is 9.59 Å². The number of hydrogen-bond donors (Lipinski definition) is 1. The molecule has 2 rings (SSSR count). The molecule has 1 amide bonds. The van der Waals surface area contributed by atoms with Crippen molar-refractivity contribution in [2.45, 2.75) is 19.4 Å². The largest absolute Gasteiger partial charge is 0.353 e. The van der Waals surface area contributed by atoms with Crippen LogP contribution in [-0.4, -0.2) is 41.8 Å². The van der Waals surface area contributed by atoms with Gasteiger partial charge in [0.25, 0.3) is 0 Å². The topological polar surface area (TPSA) is 49.4 Å². The van der Waals surface area contributed by atoms with Crippen LogP contribution < -0.4 is 5.32 Å². The highest BCUT2D eigenvalue weighted by molar-refractivity contribution is 9.10. The molecule has 0 bridgehead atoms. The van der Waals surface area contributed by atoms with E-state index < -0.39 is 5.54 Å². The van der Waals surface area contributed by atoms with Crippen LogP contribution in [0.2, 0.25) is 0 Å². The lowest BCUT2D eigenvalue weighted by Gasteiger charge is -2.40. The fraction of sp³-hybridized carbons (Fsp3) is 0.429. The van der Waals surface area contributed by atoms with Crippen LogP contribution in [0.1, 0.15) is 24.2 Å². The number of rotatable bonds is 3. The number of benzene rings is 1. The number of amides is 1. The Hall–Kier alpha value is -1.20. The Bertz CT molecular complexity index is 497. The van der Waals surface area contributed by atoms with Gasteiger partial charge in [-0.2, -0.15) is 0 Å². The molecule has 102 valence electrons. The van der Waals surface area contributed by atoms with E-state index in [4.69, 9.17) is 0 Å². The van der Waals surface area contributed by atoms with Crippen molar-refractivity contribution in [3.05, 3.63) is 34.3 Å². The fourth-order valence-electron chi connectivity index (χ4n) is 2.12. The first-order valence-electron chi connectivity index (χ1n) is 6.23. The number of piperazine rings is 1. The smallest absolute Gasteiger partial charge is 0.240 e. The summed E-state index contributed by atoms with van der Waals surface area (Å²) in [6, 6.07) is 7.29. The highest BCUT2D eigenvalue weighted by Crippen LogP contribution is 2.18. The van der Waals surface area contributed by atoms with Gasteiger partial charge in [-0.25, -0.2) is 0 Å². The second-order valence-corrected chi connectivity index (χ2v) is 6.08. The van der Waals surface area contributed by atoms with Crippen molar-refractivity contribution in [3.8, 4) is 0 Å². The maximum absolute atomic E-state index is 12.2. The van der Waals surface area contributed by atoms with E-state index in [1.807, 2.05) is 30.9 Å². The minimum atomic E-state index is -0.636. The van der Waals surface area contributed by atoms with E-state index in [2.05, 4.69) is 21.2 Å².